The van der Waals surface area contributed by atoms with E-state index in [0.29, 0.717) is 19.3 Å². The number of nitrogens with zero attached hydrogens (tertiary/aromatic N) is 1. The second-order valence-corrected chi connectivity index (χ2v) is 19.0. The van der Waals surface area contributed by atoms with Crippen LogP contribution in [0.4, 0.5) is 0 Å². The fourth-order valence-electron chi connectivity index (χ4n) is 3.30. The van der Waals surface area contributed by atoms with Gasteiger partial charge < -0.3 is 17.5 Å². The molecule has 0 fully saturated rings. The van der Waals surface area contributed by atoms with E-state index in [-0.39, 0.29) is 6.10 Å². The maximum Gasteiger partial charge on any atom is 0.578 e. The second-order valence-electron chi connectivity index (χ2n) is 7.63. The van der Waals surface area contributed by atoms with Crippen molar-refractivity contribution in [2.24, 2.45) is 0 Å². The Morgan fingerprint density at radius 2 is 1.27 bits per heavy atom. The first-order valence-corrected chi connectivity index (χ1v) is 16.7. The van der Waals surface area contributed by atoms with Crippen molar-refractivity contribution >= 4 is 26.0 Å². The molecule has 7 heteroatoms. The summed E-state index contributed by atoms with van der Waals surface area (Å²) < 4.78 is 20.4. The average Bonchev–Trinajstić information content (AvgIpc) is 2.32. The molecule has 0 rings (SSSR count). The van der Waals surface area contributed by atoms with E-state index < -0.39 is 26.0 Å². The Kier molecular flexibility index (Phi) is 9.92. The third-order valence-corrected chi connectivity index (χ3v) is 12.7. The van der Waals surface area contributed by atoms with Gasteiger partial charge in [-0.1, -0.05) is 46.2 Å². The Hall–Kier alpha value is 0.491. The van der Waals surface area contributed by atoms with Crippen LogP contribution in [0.3, 0.4) is 0 Å². The zero-order valence-electron chi connectivity index (χ0n) is 16.4. The van der Waals surface area contributed by atoms with Gasteiger partial charge in [0.1, 0.15) is 16.5 Å². The molecular formula is C15H38NO3Si3. The number of hydrogen-bond acceptors (Lipinski definition) is 4. The predicted octanol–water partition coefficient (Wildman–Crippen LogP) is 4.20. The highest BCUT2D eigenvalue weighted by molar-refractivity contribution is 6.89. The van der Waals surface area contributed by atoms with Gasteiger partial charge in [0.05, 0.1) is 6.10 Å². The van der Waals surface area contributed by atoms with Crippen molar-refractivity contribution in [1.29, 1.82) is 0 Å². The standard InChI is InChI=1S/C15H38NO3Si3/c1-11-15(16(21(5,6)7)22(8,9)10)14(4)19-20(17-12-2)18-13-3/h14-15H,11-13H2,1-10H3. The maximum atomic E-state index is 6.22. The third-order valence-electron chi connectivity index (χ3n) is 3.54. The summed E-state index contributed by atoms with van der Waals surface area (Å²) in [6.07, 6.45) is 1.23. The topological polar surface area (TPSA) is 30.9 Å². The smallest absolute Gasteiger partial charge is 0.371 e. The van der Waals surface area contributed by atoms with E-state index in [4.69, 9.17) is 13.3 Å². The molecule has 0 aromatic carbocycles. The van der Waals surface area contributed by atoms with E-state index in [9.17, 15) is 0 Å². The first-order chi connectivity index (χ1) is 9.98. The van der Waals surface area contributed by atoms with Crippen LogP contribution in [0.1, 0.15) is 34.1 Å². The molecule has 0 heterocycles. The Morgan fingerprint density at radius 1 is 0.864 bits per heavy atom. The Labute approximate surface area is 142 Å². The van der Waals surface area contributed by atoms with Gasteiger partial charge in [-0.05, 0) is 27.2 Å². The molecule has 4 nitrogen and oxygen atoms in total. The van der Waals surface area contributed by atoms with Gasteiger partial charge in [0.15, 0.2) is 0 Å². The fourth-order valence-corrected chi connectivity index (χ4v) is 15.3. The summed E-state index contributed by atoms with van der Waals surface area (Å²) in [4.78, 5) is 0. The largest absolute Gasteiger partial charge is 0.578 e. The van der Waals surface area contributed by atoms with E-state index in [0.717, 1.165) is 6.42 Å². The van der Waals surface area contributed by atoms with Crippen LogP contribution in [0.5, 0.6) is 0 Å². The normalized spacial score (nSPS) is 16.4. The van der Waals surface area contributed by atoms with E-state index >= 15 is 0 Å². The summed E-state index contributed by atoms with van der Waals surface area (Å²) in [6, 6.07) is 0.444. The SMILES string of the molecule is CCO[Si](OCC)OC(C)C(CC)N([Si](C)(C)C)[Si](C)(C)C. The molecule has 0 saturated heterocycles. The molecule has 2 atom stereocenters. The van der Waals surface area contributed by atoms with E-state index in [1.165, 1.54) is 0 Å². The molecular weight excluding hydrogens is 326 g/mol. The molecule has 0 aliphatic heterocycles. The summed E-state index contributed by atoms with van der Waals surface area (Å²) in [7, 11) is -4.44. The molecule has 0 aliphatic rings. The number of rotatable bonds is 11. The molecule has 0 aromatic rings. The Balaban J connectivity index is 5.18. The monoisotopic (exact) mass is 364 g/mol. The highest BCUT2D eigenvalue weighted by Crippen LogP contribution is 2.27. The molecule has 0 aliphatic carbocycles. The summed E-state index contributed by atoms with van der Waals surface area (Å²) in [5.41, 5.74) is 0. The van der Waals surface area contributed by atoms with Crippen LogP contribution < -0.4 is 0 Å². The van der Waals surface area contributed by atoms with Crippen LogP contribution in [0, 0.1) is 0 Å². The van der Waals surface area contributed by atoms with Gasteiger partial charge in [-0.3, -0.25) is 0 Å². The van der Waals surface area contributed by atoms with Gasteiger partial charge in [0.25, 0.3) is 0 Å². The maximum absolute atomic E-state index is 6.22. The van der Waals surface area contributed by atoms with Gasteiger partial charge >= 0.3 is 9.53 Å². The average molecular weight is 365 g/mol. The minimum atomic E-state index is -1.62. The molecule has 0 spiro atoms. The van der Waals surface area contributed by atoms with Crippen molar-refractivity contribution in [3.63, 3.8) is 0 Å². The highest BCUT2D eigenvalue weighted by atomic mass is 28.4. The quantitative estimate of drug-likeness (QED) is 0.514. The summed E-state index contributed by atoms with van der Waals surface area (Å²) in [6.45, 7) is 24.4. The second kappa shape index (κ2) is 9.71. The van der Waals surface area contributed by atoms with E-state index in [2.05, 4.69) is 57.4 Å². The van der Waals surface area contributed by atoms with Gasteiger partial charge in [-0.15, -0.1) is 0 Å². The third kappa shape index (κ3) is 7.37. The van der Waals surface area contributed by atoms with Crippen molar-refractivity contribution in [3.05, 3.63) is 0 Å². The fraction of sp³-hybridized carbons (Fsp3) is 1.00. The van der Waals surface area contributed by atoms with Crippen LogP contribution >= 0.6 is 0 Å². The zero-order chi connectivity index (χ0) is 17.6. The molecule has 22 heavy (non-hydrogen) atoms. The van der Waals surface area contributed by atoms with Crippen molar-refractivity contribution in [3.8, 4) is 0 Å². The first-order valence-electron chi connectivity index (χ1n) is 8.57. The van der Waals surface area contributed by atoms with Gasteiger partial charge in [-0.25, -0.2) is 0 Å². The number of hydrogen-bond donors (Lipinski definition) is 0. The minimum absolute atomic E-state index is 0.135. The molecule has 2 unspecified atom stereocenters. The summed E-state index contributed by atoms with van der Waals surface area (Å²) in [5.74, 6) is 0. The van der Waals surface area contributed by atoms with Crippen LogP contribution in [-0.2, 0) is 13.3 Å². The molecule has 0 saturated carbocycles. The van der Waals surface area contributed by atoms with E-state index in [1.54, 1.807) is 0 Å². The van der Waals surface area contributed by atoms with Crippen LogP contribution in [0.15, 0.2) is 0 Å². The Bertz CT molecular complexity index is 285. The zero-order valence-corrected chi connectivity index (χ0v) is 19.4. The van der Waals surface area contributed by atoms with Gasteiger partial charge in [0, 0.05) is 19.3 Å². The lowest BCUT2D eigenvalue weighted by Gasteiger charge is -2.50. The molecule has 0 amide bonds. The molecule has 0 bridgehead atoms. The minimum Gasteiger partial charge on any atom is -0.371 e. The molecule has 133 valence electrons. The van der Waals surface area contributed by atoms with Crippen molar-refractivity contribution < 1.29 is 13.3 Å². The van der Waals surface area contributed by atoms with Crippen LogP contribution in [-0.4, -0.2) is 55.6 Å². The van der Waals surface area contributed by atoms with Crippen LogP contribution in [0.2, 0.25) is 39.3 Å². The summed E-state index contributed by atoms with van der Waals surface area (Å²) >= 11 is 0. The van der Waals surface area contributed by atoms with Gasteiger partial charge in [-0.2, -0.15) is 0 Å². The lowest BCUT2D eigenvalue weighted by molar-refractivity contribution is 0.0454. The lowest BCUT2D eigenvalue weighted by atomic mass is 10.1. The van der Waals surface area contributed by atoms with E-state index in [1.807, 2.05) is 13.8 Å². The summed E-state index contributed by atoms with van der Waals surface area (Å²) in [5, 5.41) is 0. The van der Waals surface area contributed by atoms with Gasteiger partial charge in [0.2, 0.25) is 0 Å². The lowest BCUT2D eigenvalue weighted by Crippen LogP contribution is -2.66. The van der Waals surface area contributed by atoms with Crippen molar-refractivity contribution in [2.75, 3.05) is 13.2 Å². The van der Waals surface area contributed by atoms with Crippen LogP contribution in [0.25, 0.3) is 0 Å². The molecule has 0 N–H and O–H groups in total. The highest BCUT2D eigenvalue weighted by Gasteiger charge is 2.41. The predicted molar refractivity (Wildman–Crippen MR) is 102 cm³/mol. The van der Waals surface area contributed by atoms with Crippen molar-refractivity contribution in [1.82, 2.24) is 4.23 Å². The first kappa shape index (κ1) is 22.5. The Morgan fingerprint density at radius 3 is 1.55 bits per heavy atom. The molecule has 0 aromatic heterocycles. The van der Waals surface area contributed by atoms with Crippen molar-refractivity contribution in [2.45, 2.75) is 85.5 Å². The molecule has 1 radical (unpaired) electrons.